The van der Waals surface area contributed by atoms with Crippen LogP contribution < -0.4 is 5.73 Å². The highest BCUT2D eigenvalue weighted by Gasteiger charge is 2.31. The first-order valence-corrected chi connectivity index (χ1v) is 7.15. The van der Waals surface area contributed by atoms with Crippen LogP contribution in [0.4, 0.5) is 0 Å². The van der Waals surface area contributed by atoms with Crippen LogP contribution in [0.5, 0.6) is 0 Å². The molecular weight excluding hydrogens is 246 g/mol. The van der Waals surface area contributed by atoms with Crippen molar-refractivity contribution in [2.45, 2.75) is 32.2 Å². The van der Waals surface area contributed by atoms with Gasteiger partial charge in [-0.15, -0.1) is 0 Å². The van der Waals surface area contributed by atoms with E-state index in [-0.39, 0.29) is 5.54 Å². The van der Waals surface area contributed by atoms with Crippen LogP contribution in [-0.4, -0.2) is 66.8 Å². The maximum absolute atomic E-state index is 5.81. The molecule has 1 saturated heterocycles. The van der Waals surface area contributed by atoms with Gasteiger partial charge in [-0.2, -0.15) is 0 Å². The molecule has 1 aliphatic rings. The predicted molar refractivity (Wildman–Crippen MR) is 80.0 cm³/mol. The number of nitrogens with two attached hydrogens (primary N) is 1. The molecule has 18 heavy (non-hydrogen) atoms. The fraction of sp³-hybridized carbons (Fsp3) is 0.923. The van der Waals surface area contributed by atoms with Crippen molar-refractivity contribution >= 4 is 17.2 Å². The highest BCUT2D eigenvalue weighted by molar-refractivity contribution is 7.80. The molecule has 0 atom stereocenters. The molecule has 0 radical (unpaired) electrons. The first kappa shape index (κ1) is 15.8. The smallest absolute Gasteiger partial charge is 0.0928 e. The van der Waals surface area contributed by atoms with E-state index in [1.165, 1.54) is 13.0 Å². The first-order valence-electron chi connectivity index (χ1n) is 6.74. The number of ether oxygens (including phenoxy) is 1. The van der Waals surface area contributed by atoms with Crippen LogP contribution in [0.2, 0.25) is 0 Å². The highest BCUT2D eigenvalue weighted by Crippen LogP contribution is 2.17. The van der Waals surface area contributed by atoms with Crippen LogP contribution in [0.15, 0.2) is 0 Å². The summed E-state index contributed by atoms with van der Waals surface area (Å²) >= 11 is 5.15. The van der Waals surface area contributed by atoms with Crippen LogP contribution in [0, 0.1) is 0 Å². The Balaban J connectivity index is 2.26. The molecule has 0 unspecified atom stereocenters. The fourth-order valence-electron chi connectivity index (χ4n) is 2.27. The lowest BCUT2D eigenvalue weighted by molar-refractivity contribution is 0.0833. The largest absolute Gasteiger partial charge is 0.392 e. The molecule has 0 amide bonds. The lowest BCUT2D eigenvalue weighted by Gasteiger charge is -2.43. The molecule has 0 aromatic heterocycles. The maximum atomic E-state index is 5.81. The number of piperazine rings is 1. The second kappa shape index (κ2) is 7.38. The van der Waals surface area contributed by atoms with Crippen LogP contribution >= 0.6 is 12.2 Å². The first-order chi connectivity index (χ1) is 8.48. The van der Waals surface area contributed by atoms with Gasteiger partial charge in [0.2, 0.25) is 0 Å². The van der Waals surface area contributed by atoms with Crippen LogP contribution in [0.3, 0.4) is 0 Å². The van der Waals surface area contributed by atoms with Gasteiger partial charge in [0.25, 0.3) is 0 Å². The van der Waals surface area contributed by atoms with Crippen molar-refractivity contribution in [3.05, 3.63) is 0 Å². The Morgan fingerprint density at radius 1 is 1.22 bits per heavy atom. The van der Waals surface area contributed by atoms with Gasteiger partial charge < -0.3 is 15.4 Å². The van der Waals surface area contributed by atoms with Crippen molar-refractivity contribution in [1.29, 1.82) is 0 Å². The molecule has 1 rings (SSSR count). The quantitative estimate of drug-likeness (QED) is 0.556. The Morgan fingerprint density at radius 2 is 1.83 bits per heavy atom. The third-order valence-electron chi connectivity index (χ3n) is 3.84. The monoisotopic (exact) mass is 273 g/mol. The molecule has 106 valence electrons. The second-order valence-electron chi connectivity index (χ2n) is 5.45. The summed E-state index contributed by atoms with van der Waals surface area (Å²) in [4.78, 5) is 5.50. The summed E-state index contributed by atoms with van der Waals surface area (Å²) in [7, 11) is 1.76. The normalized spacial score (nSPS) is 19.1. The van der Waals surface area contributed by atoms with Gasteiger partial charge in [0.05, 0.1) is 10.5 Å². The molecule has 2 N–H and O–H groups in total. The van der Waals surface area contributed by atoms with Crippen LogP contribution in [0.1, 0.15) is 26.7 Å². The summed E-state index contributed by atoms with van der Waals surface area (Å²) in [5.74, 6) is 0. The number of hydrogen-bond donors (Lipinski definition) is 1. The van der Waals surface area contributed by atoms with Gasteiger partial charge >= 0.3 is 0 Å². The summed E-state index contributed by atoms with van der Waals surface area (Å²) in [6.45, 7) is 10.6. The number of hydrogen-bond acceptors (Lipinski definition) is 4. The molecule has 4 nitrogen and oxygen atoms in total. The van der Waals surface area contributed by atoms with Gasteiger partial charge in [-0.25, -0.2) is 0 Å². The van der Waals surface area contributed by atoms with E-state index in [9.17, 15) is 0 Å². The maximum Gasteiger partial charge on any atom is 0.0928 e. The van der Waals surface area contributed by atoms with Crippen molar-refractivity contribution < 1.29 is 4.74 Å². The topological polar surface area (TPSA) is 41.7 Å². The molecule has 5 heteroatoms. The van der Waals surface area contributed by atoms with Gasteiger partial charge in [-0.05, 0) is 33.2 Å². The summed E-state index contributed by atoms with van der Waals surface area (Å²) < 4.78 is 5.06. The van der Waals surface area contributed by atoms with Crippen molar-refractivity contribution in [2.24, 2.45) is 5.73 Å². The SMILES string of the molecule is COCCCCN1CCN(C(C)(C)C(N)=S)CC1. The molecule has 1 fully saturated rings. The third-order valence-corrected chi connectivity index (χ3v) is 4.34. The van der Waals surface area contributed by atoms with Crippen molar-refractivity contribution in [3.8, 4) is 0 Å². The molecule has 1 heterocycles. The van der Waals surface area contributed by atoms with Gasteiger partial charge in [-0.1, -0.05) is 12.2 Å². The Bertz CT molecular complexity index is 263. The van der Waals surface area contributed by atoms with Gasteiger partial charge in [0.15, 0.2) is 0 Å². The predicted octanol–water partition coefficient (Wildman–Crippen LogP) is 1.10. The fourth-order valence-corrected chi connectivity index (χ4v) is 2.40. The number of rotatable bonds is 7. The summed E-state index contributed by atoms with van der Waals surface area (Å²) in [5.41, 5.74) is 5.66. The number of unbranched alkanes of at least 4 members (excludes halogenated alkanes) is 1. The average Bonchev–Trinajstić information content (AvgIpc) is 2.35. The minimum atomic E-state index is -0.155. The zero-order valence-corrected chi connectivity index (χ0v) is 12.8. The van der Waals surface area contributed by atoms with Gasteiger partial charge in [-0.3, -0.25) is 4.90 Å². The zero-order chi connectivity index (χ0) is 13.6. The lowest BCUT2D eigenvalue weighted by Crippen LogP contribution is -2.59. The Labute approximate surface area is 116 Å². The van der Waals surface area contributed by atoms with E-state index < -0.39 is 0 Å². The second-order valence-corrected chi connectivity index (χ2v) is 5.89. The summed E-state index contributed by atoms with van der Waals surface area (Å²) in [5, 5.41) is 0. The van der Waals surface area contributed by atoms with E-state index in [2.05, 4.69) is 23.6 Å². The van der Waals surface area contributed by atoms with E-state index >= 15 is 0 Å². The minimum Gasteiger partial charge on any atom is -0.392 e. The number of thiocarbonyl (C=S) groups is 1. The summed E-state index contributed by atoms with van der Waals surface area (Å²) in [6, 6.07) is 0. The van der Waals surface area contributed by atoms with Crippen molar-refractivity contribution in [3.63, 3.8) is 0 Å². The molecular formula is C13H27N3OS. The third kappa shape index (κ3) is 4.46. The Hall–Kier alpha value is -0.230. The van der Waals surface area contributed by atoms with E-state index in [0.29, 0.717) is 4.99 Å². The van der Waals surface area contributed by atoms with E-state index in [0.717, 1.165) is 39.2 Å². The summed E-state index contributed by atoms with van der Waals surface area (Å²) in [6.07, 6.45) is 2.36. The highest BCUT2D eigenvalue weighted by atomic mass is 32.1. The molecule has 1 aliphatic heterocycles. The molecule has 0 saturated carbocycles. The molecule has 0 aliphatic carbocycles. The van der Waals surface area contributed by atoms with Gasteiger partial charge in [0, 0.05) is 39.9 Å². The minimum absolute atomic E-state index is 0.155. The van der Waals surface area contributed by atoms with Crippen molar-refractivity contribution in [2.75, 3.05) is 46.4 Å². The van der Waals surface area contributed by atoms with E-state index in [1.54, 1.807) is 7.11 Å². The lowest BCUT2D eigenvalue weighted by atomic mass is 10.0. The van der Waals surface area contributed by atoms with Crippen LogP contribution in [0.25, 0.3) is 0 Å². The van der Waals surface area contributed by atoms with Crippen LogP contribution in [-0.2, 0) is 4.74 Å². The van der Waals surface area contributed by atoms with E-state index in [1.807, 2.05) is 0 Å². The molecule has 0 spiro atoms. The van der Waals surface area contributed by atoms with Crippen molar-refractivity contribution in [1.82, 2.24) is 9.80 Å². The standard InChI is InChI=1S/C13H27N3OS/c1-13(2,12(14)18)16-9-7-15(8-10-16)6-4-5-11-17-3/h4-11H2,1-3H3,(H2,14,18). The number of nitrogens with zero attached hydrogens (tertiary/aromatic N) is 2. The number of methoxy groups -OCH3 is 1. The zero-order valence-electron chi connectivity index (χ0n) is 11.9. The Kier molecular flexibility index (Phi) is 6.49. The molecule has 0 bridgehead atoms. The molecule has 0 aromatic rings. The Morgan fingerprint density at radius 3 is 2.33 bits per heavy atom. The average molecular weight is 273 g/mol. The van der Waals surface area contributed by atoms with Gasteiger partial charge in [0.1, 0.15) is 0 Å². The molecule has 0 aromatic carbocycles. The van der Waals surface area contributed by atoms with E-state index in [4.69, 9.17) is 22.7 Å².